The normalized spacial score (nSPS) is 14.2. The first-order valence-electron chi connectivity index (χ1n) is 4.61. The SMILES string of the molecule is O=CCC(O)(C=O)NCc1ccccc1. The van der Waals surface area contributed by atoms with E-state index in [9.17, 15) is 14.7 Å². The summed E-state index contributed by atoms with van der Waals surface area (Å²) in [7, 11) is 0. The van der Waals surface area contributed by atoms with Crippen molar-refractivity contribution in [2.75, 3.05) is 0 Å². The lowest BCUT2D eigenvalue weighted by molar-refractivity contribution is -0.132. The van der Waals surface area contributed by atoms with Crippen LogP contribution in [0, 0.1) is 0 Å². The first kappa shape index (κ1) is 11.6. The molecule has 0 aliphatic rings. The Morgan fingerprint density at radius 1 is 1.27 bits per heavy atom. The highest BCUT2D eigenvalue weighted by Crippen LogP contribution is 2.04. The van der Waals surface area contributed by atoms with E-state index in [0.717, 1.165) is 5.56 Å². The predicted molar refractivity (Wildman–Crippen MR) is 55.0 cm³/mol. The fourth-order valence-electron chi connectivity index (χ4n) is 1.14. The van der Waals surface area contributed by atoms with Gasteiger partial charge in [0.15, 0.2) is 12.0 Å². The van der Waals surface area contributed by atoms with Crippen molar-refractivity contribution in [2.24, 2.45) is 0 Å². The van der Waals surface area contributed by atoms with Crippen molar-refractivity contribution in [3.05, 3.63) is 35.9 Å². The van der Waals surface area contributed by atoms with Gasteiger partial charge in [-0.3, -0.25) is 10.1 Å². The van der Waals surface area contributed by atoms with Crippen LogP contribution in [-0.2, 0) is 16.1 Å². The molecule has 0 amide bonds. The Balaban J connectivity index is 2.55. The lowest BCUT2D eigenvalue weighted by Gasteiger charge is -2.20. The maximum Gasteiger partial charge on any atom is 0.179 e. The molecule has 1 rings (SSSR count). The monoisotopic (exact) mass is 207 g/mol. The Labute approximate surface area is 87.9 Å². The molecule has 1 aromatic rings. The number of aldehydes is 2. The fraction of sp³-hybridized carbons (Fsp3) is 0.273. The summed E-state index contributed by atoms with van der Waals surface area (Å²) in [6, 6.07) is 9.31. The minimum atomic E-state index is -1.75. The van der Waals surface area contributed by atoms with Crippen LogP contribution < -0.4 is 5.32 Å². The quantitative estimate of drug-likeness (QED) is 0.518. The van der Waals surface area contributed by atoms with Gasteiger partial charge in [-0.25, -0.2) is 0 Å². The number of aliphatic hydroxyl groups is 1. The largest absolute Gasteiger partial charge is 0.369 e. The zero-order chi connectivity index (χ0) is 11.1. The molecule has 2 N–H and O–H groups in total. The molecule has 0 heterocycles. The van der Waals surface area contributed by atoms with Gasteiger partial charge in [0.2, 0.25) is 0 Å². The summed E-state index contributed by atoms with van der Waals surface area (Å²) in [5.41, 5.74) is -0.818. The molecule has 0 aromatic heterocycles. The molecule has 4 heteroatoms. The molecular formula is C11H13NO3. The van der Waals surface area contributed by atoms with Crippen molar-refractivity contribution < 1.29 is 14.7 Å². The third kappa shape index (κ3) is 3.61. The van der Waals surface area contributed by atoms with Crippen LogP contribution in [0.5, 0.6) is 0 Å². The number of carbonyl (C=O) groups excluding carboxylic acids is 2. The summed E-state index contributed by atoms with van der Waals surface area (Å²) >= 11 is 0. The first-order valence-corrected chi connectivity index (χ1v) is 4.61. The second-order valence-electron chi connectivity index (χ2n) is 3.25. The number of hydrogen-bond acceptors (Lipinski definition) is 4. The number of hydrogen-bond donors (Lipinski definition) is 2. The number of carbonyl (C=O) groups is 2. The Morgan fingerprint density at radius 2 is 1.93 bits per heavy atom. The summed E-state index contributed by atoms with van der Waals surface area (Å²) in [5, 5.41) is 12.2. The average molecular weight is 207 g/mol. The summed E-state index contributed by atoms with van der Waals surface area (Å²) in [5.74, 6) is 0. The van der Waals surface area contributed by atoms with E-state index in [2.05, 4.69) is 5.32 Å². The van der Waals surface area contributed by atoms with E-state index < -0.39 is 5.72 Å². The molecule has 80 valence electrons. The van der Waals surface area contributed by atoms with Crippen molar-refractivity contribution in [3.8, 4) is 0 Å². The summed E-state index contributed by atoms with van der Waals surface area (Å²) in [6.07, 6.45) is 0.597. The van der Waals surface area contributed by atoms with Crippen LogP contribution in [0.15, 0.2) is 30.3 Å². The lowest BCUT2D eigenvalue weighted by Crippen LogP contribution is -2.46. The van der Waals surface area contributed by atoms with E-state index in [1.807, 2.05) is 30.3 Å². The molecule has 0 saturated carbocycles. The van der Waals surface area contributed by atoms with Crippen LogP contribution in [0.2, 0.25) is 0 Å². The standard InChI is InChI=1S/C11H13NO3/c13-7-6-11(15,9-14)12-8-10-4-2-1-3-5-10/h1-5,7,9,12,15H,6,8H2. The summed E-state index contributed by atoms with van der Waals surface area (Å²) in [4.78, 5) is 20.8. The number of benzene rings is 1. The lowest BCUT2D eigenvalue weighted by atomic mass is 10.1. The molecule has 0 spiro atoms. The van der Waals surface area contributed by atoms with E-state index in [1.54, 1.807) is 0 Å². The highest BCUT2D eigenvalue weighted by atomic mass is 16.3. The second-order valence-corrected chi connectivity index (χ2v) is 3.25. The molecule has 0 radical (unpaired) electrons. The third-order valence-electron chi connectivity index (χ3n) is 2.03. The van der Waals surface area contributed by atoms with Crippen LogP contribution in [0.4, 0.5) is 0 Å². The van der Waals surface area contributed by atoms with Crippen molar-refractivity contribution in [2.45, 2.75) is 18.7 Å². The van der Waals surface area contributed by atoms with Crippen LogP contribution >= 0.6 is 0 Å². The minimum Gasteiger partial charge on any atom is -0.369 e. The zero-order valence-electron chi connectivity index (χ0n) is 8.22. The van der Waals surface area contributed by atoms with Crippen LogP contribution in [0.1, 0.15) is 12.0 Å². The van der Waals surface area contributed by atoms with E-state index >= 15 is 0 Å². The van der Waals surface area contributed by atoms with Gasteiger partial charge < -0.3 is 9.90 Å². The van der Waals surface area contributed by atoms with Crippen molar-refractivity contribution in [3.63, 3.8) is 0 Å². The van der Waals surface area contributed by atoms with Crippen LogP contribution in [0.3, 0.4) is 0 Å². The molecule has 0 fully saturated rings. The second kappa shape index (κ2) is 5.38. The Kier molecular flexibility index (Phi) is 4.15. The Bertz CT molecular complexity index is 326. The molecule has 0 saturated heterocycles. The van der Waals surface area contributed by atoms with Gasteiger partial charge in [0.1, 0.15) is 6.29 Å². The summed E-state index contributed by atoms with van der Waals surface area (Å²) in [6.45, 7) is 0.337. The van der Waals surface area contributed by atoms with E-state index in [-0.39, 0.29) is 6.42 Å². The molecule has 0 aliphatic heterocycles. The van der Waals surface area contributed by atoms with Gasteiger partial charge in [-0.2, -0.15) is 0 Å². The molecule has 4 nitrogen and oxygen atoms in total. The Morgan fingerprint density at radius 3 is 2.47 bits per heavy atom. The molecule has 0 aliphatic carbocycles. The van der Waals surface area contributed by atoms with E-state index in [0.29, 0.717) is 19.1 Å². The van der Waals surface area contributed by atoms with Gasteiger partial charge >= 0.3 is 0 Å². The van der Waals surface area contributed by atoms with Gasteiger partial charge in [-0.1, -0.05) is 30.3 Å². The smallest absolute Gasteiger partial charge is 0.179 e. The van der Waals surface area contributed by atoms with E-state index in [4.69, 9.17) is 0 Å². The number of rotatable bonds is 6. The van der Waals surface area contributed by atoms with Crippen LogP contribution in [0.25, 0.3) is 0 Å². The molecule has 1 aromatic carbocycles. The fourth-order valence-corrected chi connectivity index (χ4v) is 1.14. The van der Waals surface area contributed by atoms with Crippen molar-refractivity contribution in [1.29, 1.82) is 0 Å². The molecule has 15 heavy (non-hydrogen) atoms. The van der Waals surface area contributed by atoms with E-state index in [1.165, 1.54) is 0 Å². The maximum absolute atomic E-state index is 10.6. The number of nitrogens with one attached hydrogen (secondary N) is 1. The average Bonchev–Trinajstić information content (AvgIpc) is 2.28. The third-order valence-corrected chi connectivity index (χ3v) is 2.03. The molecule has 1 unspecified atom stereocenters. The van der Waals surface area contributed by atoms with Crippen molar-refractivity contribution in [1.82, 2.24) is 5.32 Å². The Hall–Kier alpha value is -1.52. The molecular weight excluding hydrogens is 194 g/mol. The predicted octanol–water partition coefficient (Wildman–Crippen LogP) is 0.253. The highest BCUT2D eigenvalue weighted by Gasteiger charge is 2.24. The van der Waals surface area contributed by atoms with Gasteiger partial charge in [-0.15, -0.1) is 0 Å². The maximum atomic E-state index is 10.6. The van der Waals surface area contributed by atoms with Gasteiger partial charge in [0, 0.05) is 6.54 Å². The van der Waals surface area contributed by atoms with Gasteiger partial charge in [0.05, 0.1) is 6.42 Å². The van der Waals surface area contributed by atoms with Crippen LogP contribution in [-0.4, -0.2) is 23.4 Å². The minimum absolute atomic E-state index is 0.247. The highest BCUT2D eigenvalue weighted by molar-refractivity contribution is 5.68. The molecule has 0 bridgehead atoms. The van der Waals surface area contributed by atoms with Crippen molar-refractivity contribution >= 4 is 12.6 Å². The zero-order valence-corrected chi connectivity index (χ0v) is 8.22. The first-order chi connectivity index (χ1) is 7.20. The summed E-state index contributed by atoms with van der Waals surface area (Å²) < 4.78 is 0. The molecule has 1 atom stereocenters. The topological polar surface area (TPSA) is 66.4 Å². The van der Waals surface area contributed by atoms with Gasteiger partial charge in [-0.05, 0) is 5.56 Å². The van der Waals surface area contributed by atoms with Gasteiger partial charge in [0.25, 0.3) is 0 Å².